The van der Waals surface area contributed by atoms with Crippen LogP contribution in [0.25, 0.3) is 0 Å². The first-order valence-corrected chi connectivity index (χ1v) is 3.52. The molecule has 1 heteroatoms. The van der Waals surface area contributed by atoms with Crippen molar-refractivity contribution in [2.24, 2.45) is 0 Å². The summed E-state index contributed by atoms with van der Waals surface area (Å²) in [4.78, 5) is 0. The van der Waals surface area contributed by atoms with Gasteiger partial charge in [0.1, 0.15) is 0 Å². The summed E-state index contributed by atoms with van der Waals surface area (Å²) < 4.78 is 0. The molecule has 60 valence electrons. The number of hydrogen-bond donors (Lipinski definition) is 0. The van der Waals surface area contributed by atoms with Crippen LogP contribution in [0.5, 0.6) is 0 Å². The number of allylic oxidation sites excluding steroid dienone is 2. The van der Waals surface area contributed by atoms with Crippen molar-refractivity contribution in [3.05, 3.63) is 61.2 Å². The fourth-order valence-corrected chi connectivity index (χ4v) is 0.431. The Morgan fingerprint density at radius 3 is 1.50 bits per heavy atom. The second-order valence-electron chi connectivity index (χ2n) is 2.00. The van der Waals surface area contributed by atoms with E-state index in [0.29, 0.717) is 5.57 Å². The van der Waals surface area contributed by atoms with Gasteiger partial charge in [0, 0.05) is 5.57 Å². The zero-order valence-corrected chi connectivity index (χ0v) is 6.90. The van der Waals surface area contributed by atoms with Crippen LogP contribution >= 0.6 is 0 Å². The van der Waals surface area contributed by atoms with Gasteiger partial charge in [0.2, 0.25) is 0 Å². The zero-order valence-electron chi connectivity index (χ0n) is 6.90. The van der Waals surface area contributed by atoms with Crippen LogP contribution in [0, 0.1) is 11.3 Å². The van der Waals surface area contributed by atoms with Crippen molar-refractivity contribution in [3.8, 4) is 6.07 Å². The standard InChI is InChI=1S/C6H6.C5H5N/c1-2-4-6-5-3-1;1-3-5(2)4-6/h1-6H;3H,1-2H2. The summed E-state index contributed by atoms with van der Waals surface area (Å²) >= 11 is 0. The van der Waals surface area contributed by atoms with Crippen molar-refractivity contribution < 1.29 is 0 Å². The largest absolute Gasteiger partial charge is 0.192 e. The topological polar surface area (TPSA) is 23.8 Å². The average molecular weight is 157 g/mol. The Hall–Kier alpha value is -1.81. The lowest BCUT2D eigenvalue weighted by Crippen LogP contribution is -1.57. The van der Waals surface area contributed by atoms with E-state index in [2.05, 4.69) is 13.2 Å². The highest BCUT2D eigenvalue weighted by atomic mass is 14.2. The molecule has 0 N–H and O–H groups in total. The molecule has 1 aromatic rings. The fraction of sp³-hybridized carbons (Fsp3) is 0. The van der Waals surface area contributed by atoms with Crippen LogP contribution in [0.1, 0.15) is 0 Å². The van der Waals surface area contributed by atoms with Crippen LogP contribution < -0.4 is 0 Å². The van der Waals surface area contributed by atoms with E-state index in [9.17, 15) is 0 Å². The van der Waals surface area contributed by atoms with E-state index in [0.717, 1.165) is 0 Å². The second-order valence-corrected chi connectivity index (χ2v) is 2.00. The smallest absolute Gasteiger partial charge is 0.0985 e. The Morgan fingerprint density at radius 2 is 1.42 bits per heavy atom. The van der Waals surface area contributed by atoms with E-state index in [-0.39, 0.29) is 0 Å². The third kappa shape index (κ3) is 6.31. The van der Waals surface area contributed by atoms with Gasteiger partial charge in [-0.15, -0.1) is 0 Å². The fourth-order valence-electron chi connectivity index (χ4n) is 0.431. The molecule has 0 heterocycles. The third-order valence-electron chi connectivity index (χ3n) is 1.06. The highest BCUT2D eigenvalue weighted by Crippen LogP contribution is 1.81. The van der Waals surface area contributed by atoms with Crippen LogP contribution in [-0.2, 0) is 0 Å². The predicted molar refractivity (Wildman–Crippen MR) is 51.4 cm³/mol. The molecule has 1 rings (SSSR count). The molecule has 0 saturated carbocycles. The number of nitriles is 1. The summed E-state index contributed by atoms with van der Waals surface area (Å²) in [5.74, 6) is 0. The molecule has 12 heavy (non-hydrogen) atoms. The number of benzene rings is 1. The van der Waals surface area contributed by atoms with Crippen molar-refractivity contribution in [1.29, 1.82) is 5.26 Å². The molecule has 0 bridgehead atoms. The van der Waals surface area contributed by atoms with Gasteiger partial charge in [-0.05, 0) is 0 Å². The molecule has 0 amide bonds. The van der Waals surface area contributed by atoms with Gasteiger partial charge in [-0.1, -0.05) is 55.6 Å². The molecule has 0 fully saturated rings. The second kappa shape index (κ2) is 7.30. The third-order valence-corrected chi connectivity index (χ3v) is 1.06. The molecule has 0 aliphatic carbocycles. The highest BCUT2D eigenvalue weighted by Gasteiger charge is 1.70. The maximum atomic E-state index is 7.91. The lowest BCUT2D eigenvalue weighted by atomic mass is 10.3. The normalized spacial score (nSPS) is 6.92. The minimum Gasteiger partial charge on any atom is -0.192 e. The van der Waals surface area contributed by atoms with E-state index in [1.807, 2.05) is 36.4 Å². The molecule has 1 nitrogen and oxygen atoms in total. The van der Waals surface area contributed by atoms with E-state index in [1.54, 1.807) is 6.07 Å². The van der Waals surface area contributed by atoms with Crippen molar-refractivity contribution in [2.75, 3.05) is 0 Å². The summed E-state index contributed by atoms with van der Waals surface area (Å²) in [6.45, 7) is 6.62. The van der Waals surface area contributed by atoms with Gasteiger partial charge in [0.25, 0.3) is 0 Å². The van der Waals surface area contributed by atoms with Crippen LogP contribution in [-0.4, -0.2) is 0 Å². The summed E-state index contributed by atoms with van der Waals surface area (Å²) in [5.41, 5.74) is 0.412. The Balaban J connectivity index is 0.000000202. The quantitative estimate of drug-likeness (QED) is 0.454. The minimum absolute atomic E-state index is 0.412. The molecular weight excluding hydrogens is 146 g/mol. The molecule has 0 radical (unpaired) electrons. The molecule has 0 spiro atoms. The van der Waals surface area contributed by atoms with Gasteiger partial charge in [-0.3, -0.25) is 0 Å². The molecule has 0 atom stereocenters. The summed E-state index contributed by atoms with van der Waals surface area (Å²) in [7, 11) is 0. The number of hydrogen-bond acceptors (Lipinski definition) is 1. The van der Waals surface area contributed by atoms with E-state index in [1.165, 1.54) is 6.08 Å². The summed E-state index contributed by atoms with van der Waals surface area (Å²) in [6.07, 6.45) is 1.42. The maximum Gasteiger partial charge on any atom is 0.0985 e. The molecular formula is C11H11N. The lowest BCUT2D eigenvalue weighted by Gasteiger charge is -1.69. The van der Waals surface area contributed by atoms with Crippen LogP contribution in [0.4, 0.5) is 0 Å². The molecule has 0 saturated heterocycles. The monoisotopic (exact) mass is 157 g/mol. The maximum absolute atomic E-state index is 7.91. The van der Waals surface area contributed by atoms with Crippen molar-refractivity contribution in [1.82, 2.24) is 0 Å². The number of nitrogens with zero attached hydrogens (tertiary/aromatic N) is 1. The molecule has 1 aromatic carbocycles. The predicted octanol–water partition coefficient (Wildman–Crippen LogP) is 2.94. The van der Waals surface area contributed by atoms with Gasteiger partial charge >= 0.3 is 0 Å². The van der Waals surface area contributed by atoms with E-state index >= 15 is 0 Å². The summed E-state index contributed by atoms with van der Waals surface area (Å²) in [5, 5.41) is 7.91. The molecule has 0 aromatic heterocycles. The first-order valence-electron chi connectivity index (χ1n) is 3.52. The Kier molecular flexibility index (Phi) is 6.20. The van der Waals surface area contributed by atoms with E-state index < -0.39 is 0 Å². The minimum atomic E-state index is 0.412. The van der Waals surface area contributed by atoms with Gasteiger partial charge in [0.15, 0.2) is 0 Å². The molecule has 0 aliphatic rings. The van der Waals surface area contributed by atoms with Crippen molar-refractivity contribution >= 4 is 0 Å². The van der Waals surface area contributed by atoms with Crippen LogP contribution in [0.2, 0.25) is 0 Å². The van der Waals surface area contributed by atoms with Crippen LogP contribution in [0.15, 0.2) is 61.2 Å². The van der Waals surface area contributed by atoms with Crippen molar-refractivity contribution in [2.45, 2.75) is 0 Å². The Labute approximate surface area is 73.3 Å². The Morgan fingerprint density at radius 1 is 1.08 bits per heavy atom. The number of rotatable bonds is 1. The van der Waals surface area contributed by atoms with Gasteiger partial charge < -0.3 is 0 Å². The zero-order chi connectivity index (χ0) is 9.23. The first kappa shape index (κ1) is 10.2. The summed E-state index contributed by atoms with van der Waals surface area (Å²) in [6, 6.07) is 13.8. The first-order chi connectivity index (χ1) is 5.81. The lowest BCUT2D eigenvalue weighted by molar-refractivity contribution is 1.51. The Bertz CT molecular complexity index is 240. The van der Waals surface area contributed by atoms with Crippen LogP contribution in [0.3, 0.4) is 0 Å². The SMILES string of the molecule is C=CC(=C)C#N.c1ccccc1. The van der Waals surface area contributed by atoms with Gasteiger partial charge in [-0.2, -0.15) is 5.26 Å². The molecule has 0 aliphatic heterocycles. The molecule has 0 unspecified atom stereocenters. The van der Waals surface area contributed by atoms with Gasteiger partial charge in [0.05, 0.1) is 6.07 Å². The van der Waals surface area contributed by atoms with E-state index in [4.69, 9.17) is 5.26 Å². The van der Waals surface area contributed by atoms with Gasteiger partial charge in [-0.25, -0.2) is 0 Å². The highest BCUT2D eigenvalue weighted by molar-refractivity contribution is 5.26. The average Bonchev–Trinajstić information content (AvgIpc) is 2.20. The van der Waals surface area contributed by atoms with Crippen molar-refractivity contribution in [3.63, 3.8) is 0 Å².